The Labute approximate surface area is 104 Å². The van der Waals surface area contributed by atoms with E-state index in [9.17, 15) is 0 Å². The molecule has 0 saturated heterocycles. The molecule has 1 aromatic rings. The number of hydrogen-bond acceptors (Lipinski definition) is 2. The Hall–Kier alpha value is -1.44. The first-order valence-electron chi connectivity index (χ1n) is 5.94. The van der Waals surface area contributed by atoms with Crippen molar-refractivity contribution in [1.29, 1.82) is 0 Å². The van der Waals surface area contributed by atoms with E-state index in [1.54, 1.807) is 0 Å². The van der Waals surface area contributed by atoms with Gasteiger partial charge in [-0.2, -0.15) is 0 Å². The molecule has 0 aromatic heterocycles. The van der Waals surface area contributed by atoms with Crippen LogP contribution in [0.25, 0.3) is 0 Å². The molecule has 0 aliphatic heterocycles. The number of benzene rings is 1. The molecule has 0 aliphatic rings. The topological polar surface area (TPSA) is 18.5 Å². The molecular formula is C15H22O2. The third-order valence-electron chi connectivity index (χ3n) is 2.83. The molecule has 94 valence electrons. The zero-order valence-electron chi connectivity index (χ0n) is 11.0. The second kappa shape index (κ2) is 6.33. The van der Waals surface area contributed by atoms with E-state index in [1.807, 2.05) is 30.3 Å². The highest BCUT2D eigenvalue weighted by molar-refractivity contribution is 5.20. The van der Waals surface area contributed by atoms with E-state index in [-0.39, 0.29) is 5.41 Å². The summed E-state index contributed by atoms with van der Waals surface area (Å²) in [5.41, 5.74) is 0.151. The van der Waals surface area contributed by atoms with Crippen LogP contribution in [0.2, 0.25) is 0 Å². The fourth-order valence-electron chi connectivity index (χ4n) is 1.45. The van der Waals surface area contributed by atoms with Crippen molar-refractivity contribution in [2.45, 2.75) is 20.8 Å². The highest BCUT2D eigenvalue weighted by Crippen LogP contribution is 2.27. The predicted molar refractivity (Wildman–Crippen MR) is 71.0 cm³/mol. The van der Waals surface area contributed by atoms with Crippen molar-refractivity contribution in [3.63, 3.8) is 0 Å². The fraction of sp³-hybridized carbons (Fsp3) is 0.467. The summed E-state index contributed by atoms with van der Waals surface area (Å²) in [6, 6.07) is 9.86. The molecule has 0 radical (unpaired) electrons. The Balaban J connectivity index is 2.52. The summed E-state index contributed by atoms with van der Waals surface area (Å²) in [4.78, 5) is 0. The van der Waals surface area contributed by atoms with Crippen molar-refractivity contribution >= 4 is 0 Å². The van der Waals surface area contributed by atoms with E-state index in [0.29, 0.717) is 19.1 Å². The minimum absolute atomic E-state index is 0.151. The first-order valence-corrected chi connectivity index (χ1v) is 5.94. The van der Waals surface area contributed by atoms with Crippen LogP contribution >= 0.6 is 0 Å². The van der Waals surface area contributed by atoms with E-state index in [4.69, 9.17) is 9.47 Å². The van der Waals surface area contributed by atoms with E-state index in [0.717, 1.165) is 5.75 Å². The minimum atomic E-state index is 0.151. The Morgan fingerprint density at radius 1 is 1.18 bits per heavy atom. The Bertz CT molecular complexity index is 325. The maximum absolute atomic E-state index is 5.78. The summed E-state index contributed by atoms with van der Waals surface area (Å²) >= 11 is 0. The van der Waals surface area contributed by atoms with Crippen molar-refractivity contribution in [3.8, 4) is 5.75 Å². The molecule has 1 aromatic carbocycles. The number of rotatable bonds is 6. The van der Waals surface area contributed by atoms with E-state index < -0.39 is 0 Å². The lowest BCUT2D eigenvalue weighted by molar-refractivity contribution is 0.0727. The van der Waals surface area contributed by atoms with Crippen molar-refractivity contribution in [1.82, 2.24) is 0 Å². The summed E-state index contributed by atoms with van der Waals surface area (Å²) in [6.07, 6.45) is 1.49. The number of ether oxygens (including phenoxy) is 2. The second-order valence-corrected chi connectivity index (χ2v) is 5.19. The first kappa shape index (κ1) is 13.6. The lowest BCUT2D eigenvalue weighted by Gasteiger charge is -2.29. The summed E-state index contributed by atoms with van der Waals surface area (Å²) in [6.45, 7) is 11.4. The Kier molecular flexibility index (Phi) is 5.08. The fourth-order valence-corrected chi connectivity index (χ4v) is 1.45. The molecule has 0 bridgehead atoms. The molecule has 0 N–H and O–H groups in total. The molecule has 0 amide bonds. The second-order valence-electron chi connectivity index (χ2n) is 5.19. The van der Waals surface area contributed by atoms with Gasteiger partial charge in [-0.3, -0.25) is 0 Å². The average molecular weight is 234 g/mol. The lowest BCUT2D eigenvalue weighted by atomic mass is 9.82. The monoisotopic (exact) mass is 234 g/mol. The van der Waals surface area contributed by atoms with Crippen LogP contribution in [0.15, 0.2) is 43.2 Å². The number of hydrogen-bond donors (Lipinski definition) is 0. The molecule has 17 heavy (non-hydrogen) atoms. The summed E-state index contributed by atoms with van der Waals surface area (Å²) in [5.74, 6) is 1.24. The van der Waals surface area contributed by atoms with Crippen molar-refractivity contribution in [2.24, 2.45) is 11.3 Å². The maximum atomic E-state index is 5.78. The molecule has 2 heteroatoms. The van der Waals surface area contributed by atoms with Crippen LogP contribution in [0.5, 0.6) is 5.75 Å². The molecular weight excluding hydrogens is 212 g/mol. The van der Waals surface area contributed by atoms with E-state index >= 15 is 0 Å². The maximum Gasteiger partial charge on any atom is 0.119 e. The van der Waals surface area contributed by atoms with Crippen LogP contribution in [0.3, 0.4) is 0 Å². The molecule has 0 fully saturated rings. The van der Waals surface area contributed by atoms with Gasteiger partial charge in [-0.1, -0.05) is 45.5 Å². The molecule has 0 aliphatic carbocycles. The standard InChI is InChI=1S/C15H22O2/c1-5-16-11-13(15(2,3)4)12-17-14-9-7-6-8-10-14/h5-10,13H,1,11-12H2,2-4H3/t13-/m1/s1. The normalized spacial score (nSPS) is 12.9. The molecule has 1 atom stereocenters. The van der Waals surface area contributed by atoms with Gasteiger partial charge in [0.2, 0.25) is 0 Å². The van der Waals surface area contributed by atoms with Crippen LogP contribution in [-0.4, -0.2) is 13.2 Å². The largest absolute Gasteiger partial charge is 0.501 e. The average Bonchev–Trinajstić information content (AvgIpc) is 2.29. The summed E-state index contributed by atoms with van der Waals surface area (Å²) in [7, 11) is 0. The molecule has 0 spiro atoms. The smallest absolute Gasteiger partial charge is 0.119 e. The van der Waals surface area contributed by atoms with Crippen LogP contribution in [-0.2, 0) is 4.74 Å². The number of para-hydroxylation sites is 1. The van der Waals surface area contributed by atoms with Gasteiger partial charge in [0.05, 0.1) is 19.5 Å². The molecule has 0 saturated carbocycles. The molecule has 0 heterocycles. The van der Waals surface area contributed by atoms with E-state index in [1.165, 1.54) is 6.26 Å². The third kappa shape index (κ3) is 4.94. The van der Waals surface area contributed by atoms with Crippen LogP contribution in [0.1, 0.15) is 20.8 Å². The minimum Gasteiger partial charge on any atom is -0.501 e. The zero-order chi connectivity index (χ0) is 12.7. The van der Waals surface area contributed by atoms with Gasteiger partial charge in [0.25, 0.3) is 0 Å². The molecule has 2 nitrogen and oxygen atoms in total. The zero-order valence-corrected chi connectivity index (χ0v) is 11.0. The van der Waals surface area contributed by atoms with Crippen molar-refractivity contribution in [2.75, 3.05) is 13.2 Å². The third-order valence-corrected chi connectivity index (χ3v) is 2.83. The van der Waals surface area contributed by atoms with Crippen molar-refractivity contribution < 1.29 is 9.47 Å². The predicted octanol–water partition coefficient (Wildman–Crippen LogP) is 3.89. The van der Waals surface area contributed by atoms with Crippen molar-refractivity contribution in [3.05, 3.63) is 43.2 Å². The van der Waals surface area contributed by atoms with Gasteiger partial charge in [0, 0.05) is 5.92 Å². The van der Waals surface area contributed by atoms with Gasteiger partial charge in [0.1, 0.15) is 5.75 Å². The van der Waals surface area contributed by atoms with Crippen LogP contribution in [0.4, 0.5) is 0 Å². The summed E-state index contributed by atoms with van der Waals surface area (Å²) < 4.78 is 11.1. The SMILES string of the molecule is C=COC[C@H](COc1ccccc1)C(C)(C)C. The highest BCUT2D eigenvalue weighted by atomic mass is 16.5. The summed E-state index contributed by atoms with van der Waals surface area (Å²) in [5, 5.41) is 0. The van der Waals surface area contributed by atoms with Gasteiger partial charge in [-0.15, -0.1) is 0 Å². The molecule has 1 rings (SSSR count). The first-order chi connectivity index (χ1) is 8.04. The quantitative estimate of drug-likeness (QED) is 0.695. The Morgan fingerprint density at radius 3 is 2.35 bits per heavy atom. The van der Waals surface area contributed by atoms with Gasteiger partial charge >= 0.3 is 0 Å². The van der Waals surface area contributed by atoms with Gasteiger partial charge in [-0.05, 0) is 17.5 Å². The van der Waals surface area contributed by atoms with Gasteiger partial charge in [0.15, 0.2) is 0 Å². The van der Waals surface area contributed by atoms with E-state index in [2.05, 4.69) is 27.4 Å². The van der Waals surface area contributed by atoms with Gasteiger partial charge in [-0.25, -0.2) is 0 Å². The highest BCUT2D eigenvalue weighted by Gasteiger charge is 2.25. The lowest BCUT2D eigenvalue weighted by Crippen LogP contribution is -2.30. The van der Waals surface area contributed by atoms with Gasteiger partial charge < -0.3 is 9.47 Å². The molecule has 0 unspecified atom stereocenters. The van der Waals surface area contributed by atoms with Crippen LogP contribution < -0.4 is 4.74 Å². The Morgan fingerprint density at radius 2 is 1.82 bits per heavy atom. The van der Waals surface area contributed by atoms with Crippen LogP contribution in [0, 0.1) is 11.3 Å².